The van der Waals surface area contributed by atoms with Crippen molar-refractivity contribution in [2.24, 2.45) is 0 Å². The summed E-state index contributed by atoms with van der Waals surface area (Å²) < 4.78 is 19.7. The lowest BCUT2D eigenvalue weighted by molar-refractivity contribution is 0.321. The molecule has 28 heavy (non-hydrogen) atoms. The van der Waals surface area contributed by atoms with Gasteiger partial charge in [-0.15, -0.1) is 0 Å². The molecule has 0 spiro atoms. The van der Waals surface area contributed by atoms with E-state index in [0.717, 1.165) is 24.1 Å². The van der Waals surface area contributed by atoms with Gasteiger partial charge in [-0.3, -0.25) is 4.98 Å². The first kappa shape index (κ1) is 22.4. The zero-order valence-electron chi connectivity index (χ0n) is 17.6. The first-order chi connectivity index (χ1) is 13.7. The van der Waals surface area contributed by atoms with Crippen LogP contribution in [-0.2, 0) is 6.42 Å². The number of rotatable bonds is 14. The van der Waals surface area contributed by atoms with Crippen molar-refractivity contribution in [3.8, 4) is 5.75 Å². The van der Waals surface area contributed by atoms with E-state index in [1.165, 1.54) is 51.4 Å². The molecule has 0 aliphatic rings. The van der Waals surface area contributed by atoms with Crippen LogP contribution in [0.5, 0.6) is 5.75 Å². The minimum atomic E-state index is -0.263. The third-order valence-electron chi connectivity index (χ3n) is 5.32. The predicted molar refractivity (Wildman–Crippen MR) is 115 cm³/mol. The molecule has 1 heterocycles. The van der Waals surface area contributed by atoms with Gasteiger partial charge in [-0.2, -0.15) is 0 Å². The fourth-order valence-electron chi connectivity index (χ4n) is 3.73. The molecule has 0 saturated carbocycles. The number of aromatic nitrogens is 1. The van der Waals surface area contributed by atoms with E-state index in [2.05, 4.69) is 18.0 Å². The Labute approximate surface area is 170 Å². The molecule has 0 aliphatic carbocycles. The largest absolute Gasteiger partial charge is 0.491 e. The van der Waals surface area contributed by atoms with Gasteiger partial charge in [-0.25, -0.2) is 4.39 Å². The van der Waals surface area contributed by atoms with Gasteiger partial charge in [-0.05, 0) is 55.5 Å². The molecular formula is C25H36FNO. The van der Waals surface area contributed by atoms with Crippen LogP contribution in [0, 0.1) is 5.82 Å². The second kappa shape index (κ2) is 13.3. The molecule has 0 N–H and O–H groups in total. The van der Waals surface area contributed by atoms with E-state index >= 15 is 0 Å². The highest BCUT2D eigenvalue weighted by atomic mass is 19.1. The fraction of sp³-hybridized carbons (Fsp3) is 0.560. The topological polar surface area (TPSA) is 22.1 Å². The van der Waals surface area contributed by atoms with Crippen LogP contribution in [0.4, 0.5) is 4.39 Å². The average molecular weight is 386 g/mol. The Morgan fingerprint density at radius 3 is 2.32 bits per heavy atom. The number of ether oxygens (including phenoxy) is 1. The van der Waals surface area contributed by atoms with Gasteiger partial charge in [0.1, 0.15) is 0 Å². The summed E-state index contributed by atoms with van der Waals surface area (Å²) in [5, 5.41) is 0. The molecule has 2 nitrogen and oxygen atoms in total. The van der Waals surface area contributed by atoms with Crippen molar-refractivity contribution in [3.05, 3.63) is 59.7 Å². The minimum absolute atomic E-state index is 0.263. The van der Waals surface area contributed by atoms with Crippen LogP contribution < -0.4 is 4.74 Å². The molecule has 2 rings (SSSR count). The Morgan fingerprint density at radius 2 is 1.68 bits per heavy atom. The van der Waals surface area contributed by atoms with Crippen molar-refractivity contribution < 1.29 is 9.13 Å². The van der Waals surface area contributed by atoms with Crippen LogP contribution in [-0.4, -0.2) is 11.6 Å². The summed E-state index contributed by atoms with van der Waals surface area (Å²) in [5.41, 5.74) is 2.12. The monoisotopic (exact) mass is 385 g/mol. The van der Waals surface area contributed by atoms with Crippen molar-refractivity contribution in [1.82, 2.24) is 4.98 Å². The van der Waals surface area contributed by atoms with Gasteiger partial charge in [0.2, 0.25) is 0 Å². The first-order valence-corrected chi connectivity index (χ1v) is 11.1. The normalized spacial score (nSPS) is 12.1. The average Bonchev–Trinajstić information content (AvgIpc) is 2.71. The quantitative estimate of drug-likeness (QED) is 0.314. The Bertz CT molecular complexity index is 659. The molecule has 0 aliphatic heterocycles. The number of nitrogens with zero attached hydrogens (tertiary/aromatic N) is 1. The molecule has 0 saturated heterocycles. The number of pyridine rings is 1. The standard InChI is InChI=1S/C25H36FNO/c1-3-5-6-7-8-9-10-11-14-21(19-23-15-12-13-18-27-23)22-16-17-25(28-4-2)24(26)20-22/h12-13,15-18,20-21H,3-11,14,19H2,1-2H3. The van der Waals surface area contributed by atoms with Crippen LogP contribution in [0.15, 0.2) is 42.6 Å². The van der Waals surface area contributed by atoms with Crippen LogP contribution in [0.1, 0.15) is 88.8 Å². The first-order valence-electron chi connectivity index (χ1n) is 11.1. The van der Waals surface area contributed by atoms with Crippen LogP contribution in [0.25, 0.3) is 0 Å². The second-order valence-electron chi connectivity index (χ2n) is 7.61. The number of benzene rings is 1. The number of hydrogen-bond donors (Lipinski definition) is 0. The Hall–Kier alpha value is -1.90. The molecule has 2 aromatic rings. The lowest BCUT2D eigenvalue weighted by Gasteiger charge is -2.18. The summed E-state index contributed by atoms with van der Waals surface area (Å²) in [6.07, 6.45) is 14.2. The van der Waals surface area contributed by atoms with Gasteiger partial charge >= 0.3 is 0 Å². The van der Waals surface area contributed by atoms with Crippen molar-refractivity contribution in [3.63, 3.8) is 0 Å². The molecule has 0 radical (unpaired) electrons. The molecule has 1 atom stereocenters. The van der Waals surface area contributed by atoms with E-state index in [0.29, 0.717) is 18.3 Å². The maximum Gasteiger partial charge on any atom is 0.165 e. The molecule has 0 amide bonds. The minimum Gasteiger partial charge on any atom is -0.491 e. The highest BCUT2D eigenvalue weighted by molar-refractivity contribution is 5.32. The molecule has 3 heteroatoms. The summed E-state index contributed by atoms with van der Waals surface area (Å²) in [7, 11) is 0. The molecule has 0 bridgehead atoms. The smallest absolute Gasteiger partial charge is 0.165 e. The number of hydrogen-bond acceptors (Lipinski definition) is 2. The molecule has 1 unspecified atom stereocenters. The maximum absolute atomic E-state index is 14.4. The molecule has 1 aromatic carbocycles. The number of unbranched alkanes of at least 4 members (excludes halogenated alkanes) is 7. The van der Waals surface area contributed by atoms with E-state index in [1.807, 2.05) is 31.3 Å². The van der Waals surface area contributed by atoms with Crippen molar-refractivity contribution >= 4 is 0 Å². The van der Waals surface area contributed by atoms with Gasteiger partial charge < -0.3 is 4.74 Å². The predicted octanol–water partition coefficient (Wildman–Crippen LogP) is 7.48. The van der Waals surface area contributed by atoms with Crippen LogP contribution in [0.2, 0.25) is 0 Å². The summed E-state index contributed by atoms with van der Waals surface area (Å²) in [5.74, 6) is 0.372. The molecule has 1 aromatic heterocycles. The third-order valence-corrected chi connectivity index (χ3v) is 5.32. The highest BCUT2D eigenvalue weighted by Crippen LogP contribution is 2.30. The van der Waals surface area contributed by atoms with Gasteiger partial charge in [0.05, 0.1) is 6.61 Å². The SMILES string of the molecule is CCCCCCCCCCC(Cc1ccccn1)c1ccc(OCC)c(F)c1. The van der Waals surface area contributed by atoms with E-state index in [1.54, 1.807) is 12.1 Å². The Balaban J connectivity index is 1.93. The van der Waals surface area contributed by atoms with Gasteiger partial charge in [0.15, 0.2) is 11.6 Å². The van der Waals surface area contributed by atoms with Gasteiger partial charge in [0, 0.05) is 11.9 Å². The lowest BCUT2D eigenvalue weighted by atomic mass is 9.88. The molecule has 154 valence electrons. The summed E-state index contributed by atoms with van der Waals surface area (Å²) >= 11 is 0. The Kier molecular flexibility index (Phi) is 10.6. The molecule has 0 fully saturated rings. The molecular weight excluding hydrogens is 349 g/mol. The number of halogens is 1. The van der Waals surface area contributed by atoms with E-state index in [9.17, 15) is 4.39 Å². The highest BCUT2D eigenvalue weighted by Gasteiger charge is 2.15. The fourth-order valence-corrected chi connectivity index (χ4v) is 3.73. The van der Waals surface area contributed by atoms with E-state index in [4.69, 9.17) is 4.74 Å². The maximum atomic E-state index is 14.4. The van der Waals surface area contributed by atoms with Gasteiger partial charge in [0.25, 0.3) is 0 Å². The van der Waals surface area contributed by atoms with E-state index < -0.39 is 0 Å². The zero-order chi connectivity index (χ0) is 20.0. The van der Waals surface area contributed by atoms with Crippen molar-refractivity contribution in [2.75, 3.05) is 6.61 Å². The van der Waals surface area contributed by atoms with Crippen molar-refractivity contribution in [1.29, 1.82) is 0 Å². The van der Waals surface area contributed by atoms with Gasteiger partial charge in [-0.1, -0.05) is 70.4 Å². The zero-order valence-corrected chi connectivity index (χ0v) is 17.6. The summed E-state index contributed by atoms with van der Waals surface area (Å²) in [4.78, 5) is 4.48. The third kappa shape index (κ3) is 8.00. The lowest BCUT2D eigenvalue weighted by Crippen LogP contribution is -2.06. The summed E-state index contributed by atoms with van der Waals surface area (Å²) in [6.45, 7) is 4.61. The Morgan fingerprint density at radius 1 is 0.929 bits per heavy atom. The van der Waals surface area contributed by atoms with Crippen LogP contribution >= 0.6 is 0 Å². The van der Waals surface area contributed by atoms with Crippen molar-refractivity contribution in [2.45, 2.75) is 84.0 Å². The summed E-state index contributed by atoms with van der Waals surface area (Å²) in [6, 6.07) is 11.5. The second-order valence-corrected chi connectivity index (χ2v) is 7.61. The van der Waals surface area contributed by atoms with Crippen LogP contribution in [0.3, 0.4) is 0 Å². The van der Waals surface area contributed by atoms with E-state index in [-0.39, 0.29) is 5.82 Å².